The first kappa shape index (κ1) is 8.30. The summed E-state index contributed by atoms with van der Waals surface area (Å²) in [6, 6.07) is 8.50. The molecule has 0 saturated heterocycles. The minimum atomic E-state index is 0.921. The van der Waals surface area contributed by atoms with Crippen molar-refractivity contribution in [3.8, 4) is 0 Å². The zero-order valence-corrected chi connectivity index (χ0v) is 8.12. The maximum absolute atomic E-state index is 4.51. The number of aliphatic imine (C=N–C) groups is 1. The molecule has 0 atom stereocenters. The van der Waals surface area contributed by atoms with Crippen LogP contribution in [0.15, 0.2) is 29.3 Å². The fourth-order valence-electron chi connectivity index (χ4n) is 1.71. The van der Waals surface area contributed by atoms with E-state index in [1.54, 1.807) is 0 Å². The van der Waals surface area contributed by atoms with Gasteiger partial charge in [-0.15, -0.1) is 0 Å². The number of fused-ring (bicyclic) bond motifs is 1. The molecule has 1 heterocycles. The lowest BCUT2D eigenvalue weighted by Gasteiger charge is -2.22. The second-order valence-electron chi connectivity index (χ2n) is 3.51. The Morgan fingerprint density at radius 3 is 2.77 bits per heavy atom. The van der Waals surface area contributed by atoms with E-state index < -0.39 is 0 Å². The molecule has 0 bridgehead atoms. The molecule has 0 aliphatic carbocycles. The van der Waals surface area contributed by atoms with Crippen molar-refractivity contribution < 1.29 is 0 Å². The first-order valence-electron chi connectivity index (χ1n) is 4.59. The van der Waals surface area contributed by atoms with Crippen LogP contribution < -0.4 is 0 Å². The van der Waals surface area contributed by atoms with Crippen LogP contribution in [0.2, 0.25) is 0 Å². The van der Waals surface area contributed by atoms with Gasteiger partial charge < -0.3 is 4.90 Å². The lowest BCUT2D eigenvalue weighted by Crippen LogP contribution is -2.27. The van der Waals surface area contributed by atoms with Gasteiger partial charge in [0.25, 0.3) is 0 Å². The molecule has 0 fully saturated rings. The lowest BCUT2D eigenvalue weighted by atomic mass is 10.0. The highest BCUT2D eigenvalue weighted by atomic mass is 15.1. The van der Waals surface area contributed by atoms with Crippen LogP contribution in [0.4, 0.5) is 0 Å². The van der Waals surface area contributed by atoms with Crippen molar-refractivity contribution in [1.29, 1.82) is 0 Å². The number of benzene rings is 1. The average molecular weight is 174 g/mol. The van der Waals surface area contributed by atoms with Crippen molar-refractivity contribution in [2.45, 2.75) is 6.42 Å². The first-order chi connectivity index (χ1) is 6.29. The summed E-state index contributed by atoms with van der Waals surface area (Å²) < 4.78 is 0. The maximum atomic E-state index is 4.51. The van der Waals surface area contributed by atoms with Crippen molar-refractivity contribution in [3.63, 3.8) is 0 Å². The van der Waals surface area contributed by atoms with Gasteiger partial charge in [-0.3, -0.25) is 4.99 Å². The van der Waals surface area contributed by atoms with Crippen LogP contribution >= 0.6 is 0 Å². The second-order valence-corrected chi connectivity index (χ2v) is 3.51. The molecular formula is C11H14N2. The van der Waals surface area contributed by atoms with Crippen molar-refractivity contribution in [2.24, 2.45) is 4.99 Å². The topological polar surface area (TPSA) is 15.6 Å². The van der Waals surface area contributed by atoms with Gasteiger partial charge in [-0.05, 0) is 12.0 Å². The predicted octanol–water partition coefficient (Wildman–Crippen LogP) is 1.55. The summed E-state index contributed by atoms with van der Waals surface area (Å²) in [6.45, 7) is 0.921. The van der Waals surface area contributed by atoms with E-state index in [-0.39, 0.29) is 0 Å². The highest BCUT2D eigenvalue weighted by Crippen LogP contribution is 2.16. The molecule has 0 amide bonds. The molecule has 2 heteroatoms. The molecule has 1 aromatic carbocycles. The summed E-state index contributed by atoms with van der Waals surface area (Å²) in [4.78, 5) is 6.59. The Hall–Kier alpha value is -1.31. The molecule has 0 radical (unpaired) electrons. The van der Waals surface area contributed by atoms with Gasteiger partial charge in [-0.2, -0.15) is 0 Å². The minimum Gasteiger partial charge on any atom is -0.363 e. The van der Waals surface area contributed by atoms with Crippen LogP contribution in [-0.4, -0.2) is 31.4 Å². The molecule has 2 rings (SSSR count). The van der Waals surface area contributed by atoms with E-state index in [2.05, 4.69) is 34.2 Å². The Bertz CT molecular complexity index is 340. The van der Waals surface area contributed by atoms with E-state index in [1.807, 2.05) is 14.1 Å². The number of hydrogen-bond acceptors (Lipinski definition) is 2. The maximum Gasteiger partial charge on any atom is 0.130 e. The molecule has 0 unspecified atom stereocenters. The van der Waals surface area contributed by atoms with Gasteiger partial charge in [0.2, 0.25) is 0 Å². The molecule has 1 aromatic rings. The Labute approximate surface area is 78.9 Å². The Balaban J connectivity index is 2.47. The standard InChI is InChI=1S/C11H14N2/c1-13(2)11-10-6-4-3-5-9(10)7-8-12-11/h3-6H,7-8H2,1-2H3. The van der Waals surface area contributed by atoms with Gasteiger partial charge >= 0.3 is 0 Å². The third kappa shape index (κ3) is 1.44. The van der Waals surface area contributed by atoms with Gasteiger partial charge in [0.1, 0.15) is 5.84 Å². The zero-order chi connectivity index (χ0) is 9.26. The van der Waals surface area contributed by atoms with E-state index in [0.29, 0.717) is 0 Å². The highest BCUT2D eigenvalue weighted by molar-refractivity contribution is 6.00. The zero-order valence-electron chi connectivity index (χ0n) is 8.12. The minimum absolute atomic E-state index is 0.921. The van der Waals surface area contributed by atoms with Crippen molar-refractivity contribution in [3.05, 3.63) is 35.4 Å². The smallest absolute Gasteiger partial charge is 0.130 e. The summed E-state index contributed by atoms with van der Waals surface area (Å²) in [6.07, 6.45) is 1.08. The van der Waals surface area contributed by atoms with Gasteiger partial charge in [0.15, 0.2) is 0 Å². The second kappa shape index (κ2) is 3.21. The average Bonchev–Trinajstić information content (AvgIpc) is 2.17. The Kier molecular flexibility index (Phi) is 2.05. The third-order valence-corrected chi connectivity index (χ3v) is 2.32. The molecule has 1 aliphatic heterocycles. The Morgan fingerprint density at radius 1 is 1.23 bits per heavy atom. The summed E-state index contributed by atoms with van der Waals surface area (Å²) in [5.41, 5.74) is 2.71. The van der Waals surface area contributed by atoms with Gasteiger partial charge in [0, 0.05) is 26.2 Å². The fourth-order valence-corrected chi connectivity index (χ4v) is 1.71. The van der Waals surface area contributed by atoms with E-state index in [4.69, 9.17) is 0 Å². The molecular weight excluding hydrogens is 160 g/mol. The predicted molar refractivity (Wildman–Crippen MR) is 55.2 cm³/mol. The van der Waals surface area contributed by atoms with Gasteiger partial charge in [-0.1, -0.05) is 24.3 Å². The van der Waals surface area contributed by atoms with Crippen molar-refractivity contribution >= 4 is 5.84 Å². The number of nitrogens with zero attached hydrogens (tertiary/aromatic N) is 2. The summed E-state index contributed by atoms with van der Waals surface area (Å²) in [5, 5.41) is 0. The first-order valence-corrected chi connectivity index (χ1v) is 4.59. The fraction of sp³-hybridized carbons (Fsp3) is 0.364. The molecule has 0 spiro atoms. The third-order valence-electron chi connectivity index (χ3n) is 2.32. The van der Waals surface area contributed by atoms with Crippen LogP contribution in [0.25, 0.3) is 0 Å². The molecule has 0 N–H and O–H groups in total. The van der Waals surface area contributed by atoms with Crippen LogP contribution in [0.5, 0.6) is 0 Å². The molecule has 13 heavy (non-hydrogen) atoms. The quantitative estimate of drug-likeness (QED) is 0.582. The molecule has 2 nitrogen and oxygen atoms in total. The number of amidine groups is 1. The molecule has 1 aliphatic rings. The van der Waals surface area contributed by atoms with Crippen molar-refractivity contribution in [1.82, 2.24) is 4.90 Å². The summed E-state index contributed by atoms with van der Waals surface area (Å²) in [5.74, 6) is 1.11. The van der Waals surface area contributed by atoms with Crippen LogP contribution in [0.1, 0.15) is 11.1 Å². The van der Waals surface area contributed by atoms with E-state index >= 15 is 0 Å². The molecule has 0 aromatic heterocycles. The van der Waals surface area contributed by atoms with E-state index in [0.717, 1.165) is 18.8 Å². The van der Waals surface area contributed by atoms with E-state index in [9.17, 15) is 0 Å². The number of rotatable bonds is 0. The largest absolute Gasteiger partial charge is 0.363 e. The van der Waals surface area contributed by atoms with Crippen molar-refractivity contribution in [2.75, 3.05) is 20.6 Å². The van der Waals surface area contributed by atoms with Crippen LogP contribution in [0, 0.1) is 0 Å². The van der Waals surface area contributed by atoms with Gasteiger partial charge in [-0.25, -0.2) is 0 Å². The lowest BCUT2D eigenvalue weighted by molar-refractivity contribution is 0.613. The number of hydrogen-bond donors (Lipinski definition) is 0. The normalized spacial score (nSPS) is 14.8. The molecule has 0 saturated carbocycles. The molecule has 68 valence electrons. The summed E-state index contributed by atoms with van der Waals surface area (Å²) >= 11 is 0. The van der Waals surface area contributed by atoms with E-state index in [1.165, 1.54) is 11.1 Å². The monoisotopic (exact) mass is 174 g/mol. The summed E-state index contributed by atoms with van der Waals surface area (Å²) in [7, 11) is 4.09. The van der Waals surface area contributed by atoms with Crippen LogP contribution in [0.3, 0.4) is 0 Å². The van der Waals surface area contributed by atoms with Crippen LogP contribution in [-0.2, 0) is 6.42 Å². The Morgan fingerprint density at radius 2 is 2.00 bits per heavy atom. The van der Waals surface area contributed by atoms with Gasteiger partial charge in [0.05, 0.1) is 0 Å². The highest BCUT2D eigenvalue weighted by Gasteiger charge is 2.13. The SMILES string of the molecule is CN(C)C1=NCCc2ccccc21.